The van der Waals surface area contributed by atoms with Crippen LogP contribution in [0.2, 0.25) is 0 Å². The molecule has 0 saturated carbocycles. The number of rotatable bonds is 3. The van der Waals surface area contributed by atoms with E-state index in [9.17, 15) is 15.0 Å². The van der Waals surface area contributed by atoms with Crippen molar-refractivity contribution in [2.24, 2.45) is 0 Å². The summed E-state index contributed by atoms with van der Waals surface area (Å²) in [6.07, 6.45) is 6.30. The molecule has 2 aromatic rings. The maximum absolute atomic E-state index is 11.4. The van der Waals surface area contributed by atoms with Crippen LogP contribution in [0.5, 0.6) is 5.75 Å². The lowest BCUT2D eigenvalue weighted by Gasteiger charge is -2.23. The molecule has 0 aromatic heterocycles. The van der Waals surface area contributed by atoms with Crippen LogP contribution in [0.25, 0.3) is 0 Å². The molecule has 172 valence electrons. The van der Waals surface area contributed by atoms with E-state index in [-0.39, 0.29) is 16.6 Å². The first-order valence-electron chi connectivity index (χ1n) is 10.7. The molecule has 0 bridgehead atoms. The molecule has 0 radical (unpaired) electrons. The summed E-state index contributed by atoms with van der Waals surface area (Å²) in [5, 5.41) is 19.3. The number of allylic oxidation sites excluding steroid dienone is 4. The van der Waals surface area contributed by atoms with Crippen LogP contribution in [0.1, 0.15) is 49.2 Å². The topological polar surface area (TPSA) is 80.8 Å². The van der Waals surface area contributed by atoms with Crippen molar-refractivity contribution in [3.05, 3.63) is 77.0 Å². The SMILES string of the molecule is C=O.CN1C(=CC=CC2=[N+](C)c3ccc(O)cc3C2(C)C)C(C)(C)c2cc(C(=O)O)ccc21. The highest BCUT2D eigenvalue weighted by Gasteiger charge is 2.43. The van der Waals surface area contributed by atoms with Gasteiger partial charge in [0.05, 0.1) is 11.0 Å². The largest absolute Gasteiger partial charge is 0.508 e. The molecule has 6 nitrogen and oxygen atoms in total. The number of phenolic OH excluding ortho intramolecular Hbond substituents is 1. The maximum Gasteiger partial charge on any atom is 0.335 e. The molecular formula is C27H31N2O4+. The molecule has 0 amide bonds. The van der Waals surface area contributed by atoms with Gasteiger partial charge in [-0.05, 0) is 55.8 Å². The Morgan fingerprint density at radius 3 is 2.33 bits per heavy atom. The molecule has 6 heteroatoms. The minimum atomic E-state index is -0.910. The normalized spacial score (nSPS) is 18.8. The van der Waals surface area contributed by atoms with Crippen LogP contribution in [0.3, 0.4) is 0 Å². The number of phenols is 1. The van der Waals surface area contributed by atoms with Gasteiger partial charge in [-0.25, -0.2) is 4.79 Å². The van der Waals surface area contributed by atoms with E-state index in [2.05, 4.69) is 55.4 Å². The first-order chi connectivity index (χ1) is 15.5. The Kier molecular flexibility index (Phi) is 6.07. The maximum atomic E-state index is 11.4. The summed E-state index contributed by atoms with van der Waals surface area (Å²) >= 11 is 0. The van der Waals surface area contributed by atoms with Crippen LogP contribution in [0.4, 0.5) is 11.4 Å². The average molecular weight is 448 g/mol. The van der Waals surface area contributed by atoms with Crippen LogP contribution >= 0.6 is 0 Å². The molecule has 0 spiro atoms. The molecule has 4 rings (SSSR count). The molecule has 2 heterocycles. The van der Waals surface area contributed by atoms with Crippen LogP contribution in [-0.4, -0.2) is 47.4 Å². The number of carboxylic acids is 1. The monoisotopic (exact) mass is 447 g/mol. The quantitative estimate of drug-likeness (QED) is 0.662. The fourth-order valence-electron chi connectivity index (χ4n) is 5.02. The fourth-order valence-corrected chi connectivity index (χ4v) is 5.02. The van der Waals surface area contributed by atoms with Crippen molar-refractivity contribution in [2.45, 2.75) is 38.5 Å². The summed E-state index contributed by atoms with van der Waals surface area (Å²) in [5.74, 6) is -0.632. The Balaban J connectivity index is 0.00000149. The minimum absolute atomic E-state index is 0.228. The number of hydrogen-bond acceptors (Lipinski definition) is 4. The van der Waals surface area contributed by atoms with Crippen molar-refractivity contribution in [1.29, 1.82) is 0 Å². The number of carbonyl (C=O) groups is 2. The van der Waals surface area contributed by atoms with Crippen LogP contribution < -0.4 is 4.90 Å². The van der Waals surface area contributed by atoms with Gasteiger partial charge >= 0.3 is 5.97 Å². The lowest BCUT2D eigenvalue weighted by atomic mass is 9.81. The lowest BCUT2D eigenvalue weighted by molar-refractivity contribution is -0.401. The van der Waals surface area contributed by atoms with Crippen molar-refractivity contribution in [3.63, 3.8) is 0 Å². The van der Waals surface area contributed by atoms with Gasteiger partial charge in [0, 0.05) is 41.6 Å². The molecule has 2 aliphatic rings. The van der Waals surface area contributed by atoms with E-state index in [1.54, 1.807) is 18.2 Å². The van der Waals surface area contributed by atoms with Crippen LogP contribution in [0.15, 0.2) is 60.3 Å². The molecule has 2 N–H and O–H groups in total. The number of aromatic carboxylic acids is 1. The first kappa shape index (κ1) is 24.0. The van der Waals surface area contributed by atoms with E-state index in [1.165, 1.54) is 0 Å². The Labute approximate surface area is 194 Å². The lowest BCUT2D eigenvalue weighted by Crippen LogP contribution is -2.26. The number of hydrogen-bond donors (Lipinski definition) is 2. The second-order valence-corrected chi connectivity index (χ2v) is 9.40. The number of fused-ring (bicyclic) bond motifs is 2. The van der Waals surface area contributed by atoms with Crippen molar-refractivity contribution in [3.8, 4) is 5.75 Å². The van der Waals surface area contributed by atoms with Crippen molar-refractivity contribution in [2.75, 3.05) is 19.0 Å². The Bertz CT molecular complexity index is 1220. The van der Waals surface area contributed by atoms with Gasteiger partial charge in [-0.1, -0.05) is 19.9 Å². The van der Waals surface area contributed by atoms with Gasteiger partial charge in [-0.3, -0.25) is 0 Å². The zero-order chi connectivity index (χ0) is 24.7. The highest BCUT2D eigenvalue weighted by molar-refractivity contribution is 6.03. The summed E-state index contributed by atoms with van der Waals surface area (Å²) in [5.41, 5.74) is 6.28. The molecule has 0 aliphatic carbocycles. The second kappa shape index (κ2) is 8.35. The molecule has 2 aliphatic heterocycles. The van der Waals surface area contributed by atoms with E-state index < -0.39 is 5.97 Å². The summed E-state index contributed by atoms with van der Waals surface area (Å²) in [4.78, 5) is 21.6. The summed E-state index contributed by atoms with van der Waals surface area (Å²) in [6, 6.07) is 10.8. The van der Waals surface area contributed by atoms with E-state index >= 15 is 0 Å². The van der Waals surface area contributed by atoms with Gasteiger partial charge < -0.3 is 19.9 Å². The fraction of sp³-hybridized carbons (Fsp3) is 0.296. The Morgan fingerprint density at radius 1 is 1.03 bits per heavy atom. The molecule has 0 atom stereocenters. The zero-order valence-electron chi connectivity index (χ0n) is 20.0. The minimum Gasteiger partial charge on any atom is -0.508 e. The predicted molar refractivity (Wildman–Crippen MR) is 131 cm³/mol. The highest BCUT2D eigenvalue weighted by atomic mass is 16.4. The summed E-state index contributed by atoms with van der Waals surface area (Å²) in [6.45, 7) is 10.6. The van der Waals surface area contributed by atoms with Crippen molar-refractivity contribution in [1.82, 2.24) is 0 Å². The third kappa shape index (κ3) is 3.75. The van der Waals surface area contributed by atoms with E-state index in [1.807, 2.05) is 39.1 Å². The molecule has 2 aromatic carbocycles. The Hall–Kier alpha value is -3.67. The smallest absolute Gasteiger partial charge is 0.335 e. The van der Waals surface area contributed by atoms with Gasteiger partial charge in [0.15, 0.2) is 5.71 Å². The third-order valence-electron chi connectivity index (χ3n) is 6.80. The van der Waals surface area contributed by atoms with Gasteiger partial charge in [0.1, 0.15) is 19.6 Å². The van der Waals surface area contributed by atoms with Gasteiger partial charge in [-0.15, -0.1) is 0 Å². The van der Waals surface area contributed by atoms with E-state index in [0.717, 1.165) is 33.9 Å². The number of nitrogens with zero attached hydrogens (tertiary/aromatic N) is 2. The molecule has 0 fully saturated rings. The second-order valence-electron chi connectivity index (χ2n) is 9.40. The number of likely N-dealkylation sites (N-methyl/N-ethyl adjacent to an activating group) is 1. The van der Waals surface area contributed by atoms with Gasteiger partial charge in [0.25, 0.3) is 0 Å². The number of benzene rings is 2. The number of carboxylic acid groups (broad SMARTS) is 1. The van der Waals surface area contributed by atoms with Crippen LogP contribution in [0, 0.1) is 0 Å². The number of aromatic hydroxyl groups is 1. The molecule has 33 heavy (non-hydrogen) atoms. The van der Waals surface area contributed by atoms with Crippen molar-refractivity contribution >= 4 is 29.8 Å². The van der Waals surface area contributed by atoms with E-state index in [4.69, 9.17) is 4.79 Å². The van der Waals surface area contributed by atoms with Gasteiger partial charge in [-0.2, -0.15) is 4.58 Å². The Morgan fingerprint density at radius 2 is 1.70 bits per heavy atom. The van der Waals surface area contributed by atoms with Crippen LogP contribution in [-0.2, 0) is 15.6 Å². The number of anilines is 1. The first-order valence-corrected chi connectivity index (χ1v) is 10.7. The standard InChI is InChI=1S/C26H28N2O3.CH2O/c1-25(2)18-14-16(24(30)31)10-12-20(18)27(5)22(25)8-7-9-23-26(3,4)19-15-17(29)11-13-21(19)28(23)6;1-2/h7-15H,1-6H3,(H-,29,30,31);1H2/p+1. The number of carbonyl (C=O) groups excluding carboxylic acids is 1. The molecule has 0 saturated heterocycles. The van der Waals surface area contributed by atoms with Crippen molar-refractivity contribution < 1.29 is 24.4 Å². The van der Waals surface area contributed by atoms with Gasteiger partial charge in [0.2, 0.25) is 5.69 Å². The molecule has 0 unspecified atom stereocenters. The zero-order valence-corrected chi connectivity index (χ0v) is 20.0. The molecular weight excluding hydrogens is 416 g/mol. The van der Waals surface area contributed by atoms with E-state index in [0.29, 0.717) is 5.56 Å². The summed E-state index contributed by atoms with van der Waals surface area (Å²) in [7, 11) is 4.07. The third-order valence-corrected chi connectivity index (χ3v) is 6.80. The average Bonchev–Trinajstić information content (AvgIpc) is 3.08. The summed E-state index contributed by atoms with van der Waals surface area (Å²) < 4.78 is 2.17. The predicted octanol–water partition coefficient (Wildman–Crippen LogP) is 4.78. The highest BCUT2D eigenvalue weighted by Crippen LogP contribution is 2.47.